The molecule has 0 atom stereocenters. The average molecular weight is 331 g/mol. The first-order valence-corrected chi connectivity index (χ1v) is 8.33. The molecule has 116 valence electrons. The lowest BCUT2D eigenvalue weighted by Gasteiger charge is -2.08. The monoisotopic (exact) mass is 331 g/mol. The molecule has 2 aromatic heterocycles. The Morgan fingerprint density at radius 1 is 1.00 bits per heavy atom. The summed E-state index contributed by atoms with van der Waals surface area (Å²) in [4.78, 5) is 22.0. The number of rotatable bonds is 3. The lowest BCUT2D eigenvalue weighted by Crippen LogP contribution is -2.12. The molecule has 0 saturated heterocycles. The Bertz CT molecular complexity index is 989. The highest BCUT2D eigenvalue weighted by Gasteiger charge is 2.09. The van der Waals surface area contributed by atoms with E-state index >= 15 is 0 Å². The molecule has 1 N–H and O–H groups in total. The smallest absolute Gasteiger partial charge is 0.255 e. The first-order chi connectivity index (χ1) is 11.8. The van der Waals surface area contributed by atoms with E-state index in [0.29, 0.717) is 11.3 Å². The summed E-state index contributed by atoms with van der Waals surface area (Å²) in [5, 5.41) is 3.94. The largest absolute Gasteiger partial charge is 0.320 e. The molecule has 4 nitrogen and oxygen atoms in total. The molecule has 4 rings (SSSR count). The van der Waals surface area contributed by atoms with Crippen LogP contribution in [-0.2, 0) is 0 Å². The Balaban J connectivity index is 1.60. The molecular formula is C19H13N3OS. The minimum Gasteiger partial charge on any atom is -0.320 e. The number of pyridine rings is 1. The van der Waals surface area contributed by atoms with Crippen LogP contribution < -0.4 is 5.32 Å². The number of fused-ring (bicyclic) bond motifs is 1. The van der Waals surface area contributed by atoms with E-state index in [-0.39, 0.29) is 5.91 Å². The van der Waals surface area contributed by atoms with E-state index in [1.807, 2.05) is 60.8 Å². The van der Waals surface area contributed by atoms with Crippen LogP contribution in [0.3, 0.4) is 0 Å². The molecule has 1 amide bonds. The van der Waals surface area contributed by atoms with Gasteiger partial charge in [0.1, 0.15) is 0 Å². The minimum atomic E-state index is -0.149. The number of hydrogen-bond acceptors (Lipinski definition) is 4. The fourth-order valence-corrected chi connectivity index (χ4v) is 3.17. The average Bonchev–Trinajstić information content (AvgIpc) is 3.17. The van der Waals surface area contributed by atoms with Gasteiger partial charge in [0.15, 0.2) is 0 Å². The number of aromatic nitrogens is 2. The van der Waals surface area contributed by atoms with Crippen LogP contribution in [0.2, 0.25) is 0 Å². The van der Waals surface area contributed by atoms with Gasteiger partial charge in [-0.05, 0) is 29.8 Å². The van der Waals surface area contributed by atoms with Crippen LogP contribution in [0.1, 0.15) is 10.4 Å². The molecular weight excluding hydrogens is 318 g/mol. The van der Waals surface area contributed by atoms with Crippen LogP contribution >= 0.6 is 11.3 Å². The minimum absolute atomic E-state index is 0.149. The second-order valence-electron chi connectivity index (χ2n) is 5.28. The van der Waals surface area contributed by atoms with Gasteiger partial charge in [-0.1, -0.05) is 30.3 Å². The molecule has 4 aromatic rings. The molecule has 0 saturated carbocycles. The Morgan fingerprint density at radius 3 is 2.62 bits per heavy atom. The van der Waals surface area contributed by atoms with Gasteiger partial charge in [0.25, 0.3) is 5.91 Å². The maximum atomic E-state index is 12.5. The summed E-state index contributed by atoms with van der Waals surface area (Å²) in [5.74, 6) is -0.149. The zero-order valence-electron chi connectivity index (χ0n) is 12.6. The summed E-state index contributed by atoms with van der Waals surface area (Å²) in [7, 11) is 0. The lowest BCUT2D eigenvalue weighted by atomic mass is 10.1. The highest BCUT2D eigenvalue weighted by atomic mass is 32.1. The molecule has 2 heterocycles. The van der Waals surface area contributed by atoms with E-state index in [4.69, 9.17) is 0 Å². The van der Waals surface area contributed by atoms with Crippen LogP contribution in [0.25, 0.3) is 21.3 Å². The maximum absolute atomic E-state index is 12.5. The van der Waals surface area contributed by atoms with Crippen molar-refractivity contribution in [1.82, 2.24) is 9.97 Å². The molecule has 0 spiro atoms. The normalized spacial score (nSPS) is 10.7. The van der Waals surface area contributed by atoms with Crippen molar-refractivity contribution >= 4 is 33.8 Å². The molecule has 2 aromatic carbocycles. The second kappa shape index (κ2) is 6.22. The molecule has 0 bridgehead atoms. The fourth-order valence-electron chi connectivity index (χ4n) is 2.54. The predicted molar refractivity (Wildman–Crippen MR) is 97.2 cm³/mol. The number of anilines is 1. The number of hydrogen-bond donors (Lipinski definition) is 1. The SMILES string of the molecule is O=C(Nc1cccc2cccnc12)c1ccc(-c2cncs2)cc1. The molecule has 24 heavy (non-hydrogen) atoms. The van der Waals surface area contributed by atoms with E-state index in [1.54, 1.807) is 23.0 Å². The van der Waals surface area contributed by atoms with Crippen molar-refractivity contribution in [2.75, 3.05) is 5.32 Å². The number of benzene rings is 2. The molecule has 0 radical (unpaired) electrons. The molecule has 0 aliphatic rings. The Labute approximate surface area is 142 Å². The third-order valence-electron chi connectivity index (χ3n) is 3.74. The number of para-hydroxylation sites is 1. The van der Waals surface area contributed by atoms with Gasteiger partial charge < -0.3 is 5.32 Å². The van der Waals surface area contributed by atoms with E-state index in [1.165, 1.54) is 0 Å². The Hall–Kier alpha value is -3.05. The second-order valence-corrected chi connectivity index (χ2v) is 6.16. The van der Waals surface area contributed by atoms with Gasteiger partial charge in [-0.2, -0.15) is 0 Å². The number of carbonyl (C=O) groups is 1. The first-order valence-electron chi connectivity index (χ1n) is 7.45. The molecule has 5 heteroatoms. The van der Waals surface area contributed by atoms with Crippen molar-refractivity contribution in [3.05, 3.63) is 78.1 Å². The third kappa shape index (κ3) is 2.77. The maximum Gasteiger partial charge on any atom is 0.255 e. The van der Waals surface area contributed by atoms with Gasteiger partial charge in [-0.15, -0.1) is 11.3 Å². The summed E-state index contributed by atoms with van der Waals surface area (Å²) < 4.78 is 0. The third-order valence-corrected chi connectivity index (χ3v) is 4.57. The van der Waals surface area contributed by atoms with Crippen LogP contribution in [-0.4, -0.2) is 15.9 Å². The van der Waals surface area contributed by atoms with E-state index < -0.39 is 0 Å². The number of amides is 1. The van der Waals surface area contributed by atoms with Gasteiger partial charge >= 0.3 is 0 Å². The standard InChI is InChI=1S/C19H13N3OS/c23-19(15-8-6-13(7-9-15)17-11-20-12-24-17)22-16-5-1-3-14-4-2-10-21-18(14)16/h1-12H,(H,22,23). The van der Waals surface area contributed by atoms with Crippen molar-refractivity contribution in [3.8, 4) is 10.4 Å². The molecule has 0 unspecified atom stereocenters. The van der Waals surface area contributed by atoms with Crippen molar-refractivity contribution < 1.29 is 4.79 Å². The highest BCUT2D eigenvalue weighted by Crippen LogP contribution is 2.24. The fraction of sp³-hybridized carbons (Fsp3) is 0. The number of nitrogens with one attached hydrogen (secondary N) is 1. The van der Waals surface area contributed by atoms with Gasteiger partial charge in [-0.3, -0.25) is 14.8 Å². The van der Waals surface area contributed by atoms with E-state index in [2.05, 4.69) is 15.3 Å². The van der Waals surface area contributed by atoms with Gasteiger partial charge in [0, 0.05) is 23.3 Å². The molecule has 0 aliphatic heterocycles. The van der Waals surface area contributed by atoms with Crippen molar-refractivity contribution in [2.45, 2.75) is 0 Å². The van der Waals surface area contributed by atoms with Crippen molar-refractivity contribution in [3.63, 3.8) is 0 Å². The summed E-state index contributed by atoms with van der Waals surface area (Å²) in [6.45, 7) is 0. The topological polar surface area (TPSA) is 54.9 Å². The van der Waals surface area contributed by atoms with Gasteiger partial charge in [0.2, 0.25) is 0 Å². The number of thiazole rings is 1. The van der Waals surface area contributed by atoms with Crippen LogP contribution in [0.4, 0.5) is 5.69 Å². The van der Waals surface area contributed by atoms with Crippen molar-refractivity contribution in [2.24, 2.45) is 0 Å². The summed E-state index contributed by atoms with van der Waals surface area (Å²) in [5.41, 5.74) is 4.96. The highest BCUT2D eigenvalue weighted by molar-refractivity contribution is 7.13. The zero-order chi connectivity index (χ0) is 16.4. The van der Waals surface area contributed by atoms with Crippen molar-refractivity contribution in [1.29, 1.82) is 0 Å². The van der Waals surface area contributed by atoms with Crippen LogP contribution in [0, 0.1) is 0 Å². The molecule has 0 fully saturated rings. The van der Waals surface area contributed by atoms with Crippen LogP contribution in [0.5, 0.6) is 0 Å². The Kier molecular flexibility index (Phi) is 3.76. The predicted octanol–water partition coefficient (Wildman–Crippen LogP) is 4.61. The molecule has 0 aliphatic carbocycles. The number of nitrogens with zero attached hydrogens (tertiary/aromatic N) is 2. The zero-order valence-corrected chi connectivity index (χ0v) is 13.5. The lowest BCUT2D eigenvalue weighted by molar-refractivity contribution is 0.102. The van der Waals surface area contributed by atoms with Crippen LogP contribution in [0.15, 0.2) is 72.5 Å². The summed E-state index contributed by atoms with van der Waals surface area (Å²) >= 11 is 1.57. The summed E-state index contributed by atoms with van der Waals surface area (Å²) in [6.07, 6.45) is 3.55. The van der Waals surface area contributed by atoms with Gasteiger partial charge in [0.05, 0.1) is 21.6 Å². The Morgan fingerprint density at radius 2 is 1.83 bits per heavy atom. The quantitative estimate of drug-likeness (QED) is 0.596. The van der Waals surface area contributed by atoms with E-state index in [9.17, 15) is 4.79 Å². The summed E-state index contributed by atoms with van der Waals surface area (Å²) in [6, 6.07) is 17.1. The van der Waals surface area contributed by atoms with Gasteiger partial charge in [-0.25, -0.2) is 0 Å². The first kappa shape index (κ1) is 14.5. The van der Waals surface area contributed by atoms with E-state index in [0.717, 1.165) is 21.3 Å². The number of carbonyl (C=O) groups excluding carboxylic acids is 1.